The van der Waals surface area contributed by atoms with Crippen molar-refractivity contribution in [1.29, 1.82) is 0 Å². The van der Waals surface area contributed by atoms with Crippen molar-refractivity contribution >= 4 is 76.9 Å². The van der Waals surface area contributed by atoms with E-state index in [2.05, 4.69) is 47.2 Å². The summed E-state index contributed by atoms with van der Waals surface area (Å²) >= 11 is 1.31. The number of phenols is 2. The van der Waals surface area contributed by atoms with Gasteiger partial charge in [0, 0.05) is 37.6 Å². The molecule has 1 aromatic heterocycles. The van der Waals surface area contributed by atoms with Gasteiger partial charge in [-0.05, 0) is 81.0 Å². The van der Waals surface area contributed by atoms with Crippen molar-refractivity contribution in [2.75, 3.05) is 12.0 Å². The summed E-state index contributed by atoms with van der Waals surface area (Å²) in [6.45, 7) is 3.47. The lowest BCUT2D eigenvalue weighted by Crippen LogP contribution is -2.60. The number of thioether (sulfide) groups is 1. The minimum absolute atomic E-state index is 0.0193. The Kier molecular flexibility index (Phi) is 25.3. The molecule has 9 amide bonds. The number of H-pyrrole nitrogens is 1. The summed E-state index contributed by atoms with van der Waals surface area (Å²) in [5.41, 5.74) is 12.4. The van der Waals surface area contributed by atoms with Crippen LogP contribution >= 0.6 is 11.8 Å². The summed E-state index contributed by atoms with van der Waals surface area (Å²) in [6.07, 6.45) is 0.818. The second-order valence-electron chi connectivity index (χ2n) is 17.8. The molecule has 1 heterocycles. The number of imidazole rings is 1. The molecule has 0 aliphatic carbocycles. The van der Waals surface area contributed by atoms with Crippen LogP contribution in [0.3, 0.4) is 0 Å². The van der Waals surface area contributed by atoms with E-state index in [9.17, 15) is 78.3 Å². The summed E-state index contributed by atoms with van der Waals surface area (Å²) in [4.78, 5) is 151. The molecule has 0 aliphatic heterocycles. The van der Waals surface area contributed by atoms with Crippen LogP contribution in [0.5, 0.6) is 11.5 Å². The Labute approximate surface area is 445 Å². The topological polar surface area (TPSA) is 466 Å². The number of nitrogens with one attached hydrogen (secondary N) is 9. The van der Waals surface area contributed by atoms with Crippen LogP contribution < -0.4 is 54.0 Å². The van der Waals surface area contributed by atoms with Gasteiger partial charge < -0.3 is 84.5 Å². The zero-order chi connectivity index (χ0) is 57.5. The third-order valence-corrected chi connectivity index (χ3v) is 12.1. The standard InChI is InChI=1S/C48H66N12O16S/c1-23(40(67)56-33(17-26-5-9-29(62)10-6-26)46(73)59-36(20-38(65)66)44(71)54-24(2)41(68)60-39(25(3)61)48(75)76)53-43(70)32(15-16-77-4)55-45(72)34(18-27-7-11-30(63)12-8-27)58-47(74)35(19-28-21-51-22-52-28)57-42(69)31(49)13-14-37(50)64/h5-12,21-25,31-36,39,61-63H,13-20,49H2,1-4H3,(H2,50,64)(H,51,52)(H,53,70)(H,54,71)(H,55,72)(H,56,67)(H,57,69)(H,58,74)(H,59,73)(H,60,68)(H,65,66)(H,75,76)/t23-,24-,25+,31-,32-,33-,34-,35-,36-,39-/m0/s1. The Bertz CT molecular complexity index is 2530. The summed E-state index contributed by atoms with van der Waals surface area (Å²) in [5, 5.41) is 67.7. The first-order chi connectivity index (χ1) is 36.3. The van der Waals surface area contributed by atoms with E-state index < -0.39 is 132 Å². The van der Waals surface area contributed by atoms with E-state index in [0.29, 0.717) is 16.8 Å². The number of hydrogen-bond donors (Lipinski definition) is 16. The fraction of sp³-hybridized carbons (Fsp3) is 0.458. The van der Waals surface area contributed by atoms with Crippen LogP contribution in [-0.2, 0) is 72.0 Å². The van der Waals surface area contributed by atoms with E-state index in [0.717, 1.165) is 13.8 Å². The molecule has 77 heavy (non-hydrogen) atoms. The van der Waals surface area contributed by atoms with Crippen LogP contribution in [0.4, 0.5) is 0 Å². The highest BCUT2D eigenvalue weighted by molar-refractivity contribution is 7.98. The number of aliphatic carboxylic acids is 2. The molecule has 29 heteroatoms. The van der Waals surface area contributed by atoms with Gasteiger partial charge in [-0.2, -0.15) is 11.8 Å². The van der Waals surface area contributed by atoms with Crippen molar-refractivity contribution in [2.24, 2.45) is 11.5 Å². The molecule has 0 radical (unpaired) electrons. The zero-order valence-corrected chi connectivity index (χ0v) is 43.3. The first-order valence-electron chi connectivity index (χ1n) is 23.9. The maximum absolute atomic E-state index is 14.3. The number of nitrogens with two attached hydrogens (primary N) is 2. The van der Waals surface area contributed by atoms with Gasteiger partial charge in [0.25, 0.3) is 0 Å². The van der Waals surface area contributed by atoms with Crippen LogP contribution in [0, 0.1) is 0 Å². The molecule has 0 saturated carbocycles. The van der Waals surface area contributed by atoms with E-state index in [1.807, 2.05) is 5.32 Å². The fourth-order valence-electron chi connectivity index (χ4n) is 7.12. The number of aromatic nitrogens is 2. The summed E-state index contributed by atoms with van der Waals surface area (Å²) in [7, 11) is 0. The number of nitrogens with zero attached hydrogens (tertiary/aromatic N) is 1. The van der Waals surface area contributed by atoms with Gasteiger partial charge in [0.1, 0.15) is 53.8 Å². The third kappa shape index (κ3) is 21.8. The smallest absolute Gasteiger partial charge is 0.328 e. The van der Waals surface area contributed by atoms with Crippen LogP contribution in [0.25, 0.3) is 0 Å². The van der Waals surface area contributed by atoms with E-state index in [1.54, 1.807) is 6.26 Å². The predicted molar refractivity (Wildman–Crippen MR) is 274 cm³/mol. The number of aliphatic hydroxyl groups excluding tert-OH is 1. The molecule has 420 valence electrons. The lowest BCUT2D eigenvalue weighted by atomic mass is 10.0. The van der Waals surface area contributed by atoms with Gasteiger partial charge >= 0.3 is 11.9 Å². The van der Waals surface area contributed by atoms with Gasteiger partial charge in [-0.25, -0.2) is 9.78 Å². The number of hydrogen-bond acceptors (Lipinski definition) is 17. The first kappa shape index (κ1) is 63.0. The molecule has 2 aromatic carbocycles. The van der Waals surface area contributed by atoms with Gasteiger partial charge in [0.05, 0.1) is 24.9 Å². The Balaban J connectivity index is 1.87. The average molecular weight is 1100 g/mol. The fourth-order valence-corrected chi connectivity index (χ4v) is 7.59. The van der Waals surface area contributed by atoms with Crippen LogP contribution in [0.2, 0.25) is 0 Å². The molecular formula is C48H66N12O16S. The van der Waals surface area contributed by atoms with E-state index in [4.69, 9.17) is 11.5 Å². The number of phenolic OH excluding ortho intramolecular Hbond substituents is 2. The molecule has 0 spiro atoms. The van der Waals surface area contributed by atoms with Gasteiger partial charge in [-0.15, -0.1) is 0 Å². The number of carboxylic acid groups (broad SMARTS) is 2. The number of amides is 9. The number of carboxylic acids is 2. The van der Waals surface area contributed by atoms with Gasteiger partial charge in [0.15, 0.2) is 6.04 Å². The molecule has 28 nitrogen and oxygen atoms in total. The molecule has 0 bridgehead atoms. The largest absolute Gasteiger partial charge is 0.508 e. The molecule has 18 N–H and O–H groups in total. The number of primary amides is 1. The maximum Gasteiger partial charge on any atom is 0.328 e. The highest BCUT2D eigenvalue weighted by Crippen LogP contribution is 2.15. The quantitative estimate of drug-likeness (QED) is 0.0284. The number of aliphatic hydroxyl groups is 1. The number of aromatic hydroxyl groups is 2. The van der Waals surface area contributed by atoms with E-state index in [1.165, 1.54) is 79.7 Å². The van der Waals surface area contributed by atoms with Crippen molar-refractivity contribution < 1.29 is 78.3 Å². The van der Waals surface area contributed by atoms with E-state index >= 15 is 0 Å². The lowest BCUT2D eigenvalue weighted by Gasteiger charge is -2.27. The molecule has 10 atom stereocenters. The van der Waals surface area contributed by atoms with Crippen LogP contribution in [0.15, 0.2) is 61.1 Å². The SMILES string of the molecule is CSCC[C@H](NC(=O)[C@H](Cc1ccc(O)cc1)NC(=O)[C@H](Cc1cnc[nH]1)NC(=O)[C@@H](N)CCC(N)=O)C(=O)N[C@@H](C)C(=O)N[C@@H](Cc1ccc(O)cc1)C(=O)N[C@@H](CC(=O)O)C(=O)N[C@@H](C)C(=O)N[C@H](C(=O)O)[C@@H](C)O. The average Bonchev–Trinajstić information content (AvgIpc) is 3.89. The molecule has 0 fully saturated rings. The molecular weight excluding hydrogens is 1030 g/mol. The van der Waals surface area contributed by atoms with E-state index in [-0.39, 0.29) is 55.8 Å². The van der Waals surface area contributed by atoms with Crippen molar-refractivity contribution in [3.05, 3.63) is 77.9 Å². The highest BCUT2D eigenvalue weighted by atomic mass is 32.2. The first-order valence-corrected chi connectivity index (χ1v) is 25.3. The van der Waals surface area contributed by atoms with Gasteiger partial charge in [-0.1, -0.05) is 24.3 Å². The van der Waals surface area contributed by atoms with Crippen LogP contribution in [-0.4, -0.2) is 173 Å². The Hall–Kier alpha value is -8.31. The normalized spacial score (nSPS) is 14.9. The second kappa shape index (κ2) is 30.9. The monoisotopic (exact) mass is 1100 g/mol. The van der Waals surface area contributed by atoms with Crippen molar-refractivity contribution in [1.82, 2.24) is 52.5 Å². The van der Waals surface area contributed by atoms with Gasteiger partial charge in [0.2, 0.25) is 53.2 Å². The zero-order valence-electron chi connectivity index (χ0n) is 42.4. The number of carbonyl (C=O) groups excluding carboxylic acids is 9. The summed E-state index contributed by atoms with van der Waals surface area (Å²) in [6, 6.07) is -2.64. The molecule has 0 saturated heterocycles. The van der Waals surface area contributed by atoms with Crippen molar-refractivity contribution in [3.63, 3.8) is 0 Å². The Morgan fingerprint density at radius 1 is 0.584 bits per heavy atom. The third-order valence-electron chi connectivity index (χ3n) is 11.5. The van der Waals surface area contributed by atoms with Crippen LogP contribution in [0.1, 0.15) is 63.3 Å². The molecule has 3 rings (SSSR count). The second-order valence-corrected chi connectivity index (χ2v) is 18.8. The summed E-state index contributed by atoms with van der Waals surface area (Å²) in [5.74, 6) is -11.7. The minimum Gasteiger partial charge on any atom is -0.508 e. The minimum atomic E-state index is -1.89. The molecule has 3 aromatic rings. The number of rotatable bonds is 32. The molecule has 0 unspecified atom stereocenters. The Morgan fingerprint density at radius 3 is 1.45 bits per heavy atom. The number of carbonyl (C=O) groups is 11. The van der Waals surface area contributed by atoms with Crippen molar-refractivity contribution in [3.8, 4) is 11.5 Å². The number of benzene rings is 2. The molecule has 0 aliphatic rings. The maximum atomic E-state index is 14.3. The Morgan fingerprint density at radius 2 is 1.01 bits per heavy atom. The number of aromatic amines is 1. The lowest BCUT2D eigenvalue weighted by molar-refractivity contribution is -0.145. The highest BCUT2D eigenvalue weighted by Gasteiger charge is 2.35. The van der Waals surface area contributed by atoms with Crippen molar-refractivity contribution in [2.45, 2.75) is 126 Å². The predicted octanol–water partition coefficient (Wildman–Crippen LogP) is -3.95. The van der Waals surface area contributed by atoms with Gasteiger partial charge in [-0.3, -0.25) is 47.9 Å². The summed E-state index contributed by atoms with van der Waals surface area (Å²) < 4.78 is 0.